The molecule has 0 unspecified atom stereocenters. The van der Waals surface area contributed by atoms with Crippen molar-refractivity contribution in [3.8, 4) is 11.5 Å². The van der Waals surface area contributed by atoms with Crippen molar-refractivity contribution in [3.63, 3.8) is 0 Å². The molecule has 0 spiro atoms. The molecule has 1 saturated carbocycles. The fraction of sp³-hybridized carbons (Fsp3) is 0.647. The highest BCUT2D eigenvalue weighted by molar-refractivity contribution is 5.43. The molecule has 0 amide bonds. The van der Waals surface area contributed by atoms with Crippen LogP contribution in [0.4, 0.5) is 0 Å². The number of benzene rings is 1. The second-order valence-electron chi connectivity index (χ2n) is 5.68. The number of nitrogens with one attached hydrogen (secondary N) is 1. The molecule has 1 aromatic rings. The van der Waals surface area contributed by atoms with Crippen molar-refractivity contribution in [2.75, 3.05) is 14.2 Å². The Morgan fingerprint density at radius 1 is 1.15 bits per heavy atom. The number of hydrogen-bond acceptors (Lipinski definition) is 3. The lowest BCUT2D eigenvalue weighted by Gasteiger charge is -2.28. The van der Waals surface area contributed by atoms with Gasteiger partial charge in [-0.2, -0.15) is 0 Å². The van der Waals surface area contributed by atoms with E-state index >= 15 is 0 Å². The van der Waals surface area contributed by atoms with Gasteiger partial charge in [0.25, 0.3) is 0 Å². The first-order valence-corrected chi connectivity index (χ1v) is 7.75. The molecule has 3 nitrogen and oxygen atoms in total. The van der Waals surface area contributed by atoms with E-state index in [-0.39, 0.29) is 0 Å². The summed E-state index contributed by atoms with van der Waals surface area (Å²) < 4.78 is 11.6. The molecule has 0 atom stereocenters. The van der Waals surface area contributed by atoms with Gasteiger partial charge in [0.2, 0.25) is 0 Å². The molecule has 1 fully saturated rings. The highest BCUT2D eigenvalue weighted by Gasteiger charge is 2.22. The first-order valence-electron chi connectivity index (χ1n) is 7.75. The quantitative estimate of drug-likeness (QED) is 0.858. The van der Waals surface area contributed by atoms with Crippen LogP contribution in [0.15, 0.2) is 18.2 Å². The van der Waals surface area contributed by atoms with Crippen LogP contribution in [0.25, 0.3) is 0 Å². The number of methoxy groups -OCH3 is 1. The van der Waals surface area contributed by atoms with Crippen molar-refractivity contribution in [2.45, 2.75) is 51.7 Å². The van der Waals surface area contributed by atoms with E-state index in [9.17, 15) is 0 Å². The maximum Gasteiger partial charge on any atom is 0.161 e. The van der Waals surface area contributed by atoms with Gasteiger partial charge >= 0.3 is 0 Å². The van der Waals surface area contributed by atoms with Gasteiger partial charge in [-0.15, -0.1) is 0 Å². The van der Waals surface area contributed by atoms with E-state index in [4.69, 9.17) is 9.47 Å². The summed E-state index contributed by atoms with van der Waals surface area (Å²) in [5.41, 5.74) is 1.21. The summed E-state index contributed by atoms with van der Waals surface area (Å²) in [6.07, 6.45) is 6.57. The molecule has 0 radical (unpaired) electrons. The Labute approximate surface area is 122 Å². The molecular weight excluding hydrogens is 250 g/mol. The minimum Gasteiger partial charge on any atom is -0.493 e. The molecule has 112 valence electrons. The molecule has 0 heterocycles. The summed E-state index contributed by atoms with van der Waals surface area (Å²) in [6.45, 7) is 3.13. The molecule has 3 heteroatoms. The second-order valence-corrected chi connectivity index (χ2v) is 5.68. The molecular formula is C17H27NO2. The zero-order valence-corrected chi connectivity index (χ0v) is 12.9. The Bertz CT molecular complexity index is 411. The standard InChI is InChI=1S/C17H27NO2/c1-4-13-5-8-15(9-6-13)20-16-10-7-14(12-18-2)11-17(16)19-3/h7,10-11,13,15,18H,4-6,8-9,12H2,1-3H3. The van der Waals surface area contributed by atoms with Crippen LogP contribution < -0.4 is 14.8 Å². The molecule has 1 aromatic carbocycles. The maximum absolute atomic E-state index is 6.16. The summed E-state index contributed by atoms with van der Waals surface area (Å²) in [5.74, 6) is 2.62. The third kappa shape index (κ3) is 3.89. The number of hydrogen-bond donors (Lipinski definition) is 1. The molecule has 0 aromatic heterocycles. The van der Waals surface area contributed by atoms with Crippen LogP contribution in [0.1, 0.15) is 44.6 Å². The van der Waals surface area contributed by atoms with E-state index in [1.54, 1.807) is 7.11 Å². The Morgan fingerprint density at radius 3 is 2.50 bits per heavy atom. The lowest BCUT2D eigenvalue weighted by atomic mass is 9.86. The van der Waals surface area contributed by atoms with E-state index in [2.05, 4.69) is 24.4 Å². The summed E-state index contributed by atoms with van der Waals surface area (Å²) in [4.78, 5) is 0. The average Bonchev–Trinajstić information content (AvgIpc) is 2.50. The normalized spacial score (nSPS) is 22.6. The fourth-order valence-electron chi connectivity index (χ4n) is 2.96. The van der Waals surface area contributed by atoms with Crippen LogP contribution in [0.5, 0.6) is 11.5 Å². The first kappa shape index (κ1) is 15.2. The van der Waals surface area contributed by atoms with Gasteiger partial charge in [-0.3, -0.25) is 0 Å². The van der Waals surface area contributed by atoms with Gasteiger partial charge < -0.3 is 14.8 Å². The van der Waals surface area contributed by atoms with Crippen molar-refractivity contribution < 1.29 is 9.47 Å². The lowest BCUT2D eigenvalue weighted by Crippen LogP contribution is -2.24. The predicted molar refractivity (Wildman–Crippen MR) is 82.4 cm³/mol. The van der Waals surface area contributed by atoms with Gasteiger partial charge in [-0.1, -0.05) is 19.4 Å². The maximum atomic E-state index is 6.16. The van der Waals surface area contributed by atoms with Gasteiger partial charge in [0, 0.05) is 6.54 Å². The smallest absolute Gasteiger partial charge is 0.161 e. The predicted octanol–water partition coefficient (Wildman–Crippen LogP) is 3.76. The lowest BCUT2D eigenvalue weighted by molar-refractivity contribution is 0.126. The van der Waals surface area contributed by atoms with Gasteiger partial charge in [-0.05, 0) is 56.3 Å². The van der Waals surface area contributed by atoms with Crippen molar-refractivity contribution in [1.29, 1.82) is 0 Å². The highest BCUT2D eigenvalue weighted by Crippen LogP contribution is 2.33. The van der Waals surface area contributed by atoms with Crippen molar-refractivity contribution in [1.82, 2.24) is 5.32 Å². The van der Waals surface area contributed by atoms with E-state index in [0.29, 0.717) is 6.10 Å². The largest absolute Gasteiger partial charge is 0.493 e. The number of ether oxygens (including phenoxy) is 2. The minimum atomic E-state index is 0.349. The molecule has 0 aliphatic heterocycles. The molecule has 0 bridgehead atoms. The zero-order chi connectivity index (χ0) is 14.4. The van der Waals surface area contributed by atoms with E-state index < -0.39 is 0 Å². The van der Waals surface area contributed by atoms with Crippen molar-refractivity contribution >= 4 is 0 Å². The van der Waals surface area contributed by atoms with Gasteiger partial charge in [0.15, 0.2) is 11.5 Å². The third-order valence-electron chi connectivity index (χ3n) is 4.27. The summed E-state index contributed by atoms with van der Waals surface area (Å²) in [5, 5.41) is 3.15. The van der Waals surface area contributed by atoms with Crippen LogP contribution in [-0.2, 0) is 6.54 Å². The summed E-state index contributed by atoms with van der Waals surface area (Å²) in [6, 6.07) is 6.20. The van der Waals surface area contributed by atoms with Crippen molar-refractivity contribution in [3.05, 3.63) is 23.8 Å². The molecule has 20 heavy (non-hydrogen) atoms. The third-order valence-corrected chi connectivity index (χ3v) is 4.27. The zero-order valence-electron chi connectivity index (χ0n) is 12.9. The topological polar surface area (TPSA) is 30.5 Å². The monoisotopic (exact) mass is 277 g/mol. The van der Waals surface area contributed by atoms with E-state index in [1.807, 2.05) is 13.1 Å². The fourth-order valence-corrected chi connectivity index (χ4v) is 2.96. The number of rotatable bonds is 6. The molecule has 2 rings (SSSR count). The molecule has 1 N–H and O–H groups in total. The minimum absolute atomic E-state index is 0.349. The van der Waals surface area contributed by atoms with Crippen LogP contribution >= 0.6 is 0 Å². The Morgan fingerprint density at radius 2 is 1.90 bits per heavy atom. The van der Waals surface area contributed by atoms with E-state index in [1.165, 1.54) is 37.7 Å². The Hall–Kier alpha value is -1.22. The Balaban J connectivity index is 1.98. The highest BCUT2D eigenvalue weighted by atomic mass is 16.5. The molecule has 1 aliphatic rings. The van der Waals surface area contributed by atoms with Gasteiger partial charge in [0.1, 0.15) is 0 Å². The average molecular weight is 277 g/mol. The van der Waals surface area contributed by atoms with Gasteiger partial charge in [0.05, 0.1) is 13.2 Å². The summed E-state index contributed by atoms with van der Waals surface area (Å²) in [7, 11) is 3.66. The SMILES string of the molecule is CCC1CCC(Oc2ccc(CNC)cc2OC)CC1. The van der Waals surface area contributed by atoms with Crippen molar-refractivity contribution in [2.24, 2.45) is 5.92 Å². The Kier molecular flexibility index (Phi) is 5.72. The van der Waals surface area contributed by atoms with Crippen LogP contribution in [-0.4, -0.2) is 20.3 Å². The second kappa shape index (κ2) is 7.53. The van der Waals surface area contributed by atoms with Gasteiger partial charge in [-0.25, -0.2) is 0 Å². The molecule has 1 aliphatic carbocycles. The summed E-state index contributed by atoms with van der Waals surface area (Å²) >= 11 is 0. The first-order chi connectivity index (χ1) is 9.76. The van der Waals surface area contributed by atoms with Crippen LogP contribution in [0, 0.1) is 5.92 Å². The molecule has 0 saturated heterocycles. The van der Waals surface area contributed by atoms with Crippen LogP contribution in [0.2, 0.25) is 0 Å². The van der Waals surface area contributed by atoms with E-state index in [0.717, 1.165) is 24.0 Å². The van der Waals surface area contributed by atoms with Crippen LogP contribution in [0.3, 0.4) is 0 Å².